The Morgan fingerprint density at radius 2 is 1.78 bits per heavy atom. The number of rotatable bonds is 9. The Morgan fingerprint density at radius 1 is 1.07 bits per heavy atom. The van der Waals surface area contributed by atoms with E-state index in [1.54, 1.807) is 45.0 Å². The number of ether oxygens (including phenoxy) is 1. The van der Waals surface area contributed by atoms with Crippen molar-refractivity contribution < 1.29 is 22.7 Å². The number of nitriles is 1. The first-order valence-electron chi connectivity index (χ1n) is 14.0. The average molecular weight is 623 g/mol. The van der Waals surface area contributed by atoms with E-state index in [1.807, 2.05) is 6.07 Å². The van der Waals surface area contributed by atoms with Gasteiger partial charge in [0.25, 0.3) is 5.56 Å². The molecule has 13 heteroatoms. The van der Waals surface area contributed by atoms with Crippen LogP contribution in [-0.4, -0.2) is 33.6 Å². The first-order valence-corrected chi connectivity index (χ1v) is 14.0. The van der Waals surface area contributed by atoms with Gasteiger partial charge in [-0.25, -0.2) is 9.59 Å². The molecule has 0 saturated carbocycles. The van der Waals surface area contributed by atoms with Gasteiger partial charge in [-0.15, -0.1) is 0 Å². The molecule has 45 heavy (non-hydrogen) atoms. The number of alkyl halides is 3. The molecule has 10 nitrogen and oxygen atoms in total. The fourth-order valence-electron chi connectivity index (χ4n) is 4.16. The summed E-state index contributed by atoms with van der Waals surface area (Å²) in [6.45, 7) is 6.98. The lowest BCUT2D eigenvalue weighted by atomic mass is 10.1. The number of amides is 1. The molecule has 3 rings (SSSR count). The van der Waals surface area contributed by atoms with Crippen LogP contribution in [0, 0.1) is 30.1 Å². The summed E-state index contributed by atoms with van der Waals surface area (Å²) < 4.78 is 47.6. The molecule has 3 aromatic rings. The lowest BCUT2D eigenvalue weighted by molar-refractivity contribution is -0.137. The Labute approximate surface area is 258 Å². The Bertz CT molecular complexity index is 1770. The summed E-state index contributed by atoms with van der Waals surface area (Å²) in [7, 11) is 0. The number of unbranched alkanes of at least 4 members (excludes halogenated alkanes) is 2. The Morgan fingerprint density at radius 3 is 2.42 bits per heavy atom. The van der Waals surface area contributed by atoms with Crippen molar-refractivity contribution in [2.75, 3.05) is 12.0 Å². The molecule has 0 radical (unpaired) electrons. The van der Waals surface area contributed by atoms with Crippen molar-refractivity contribution in [3.63, 3.8) is 0 Å². The fraction of sp³-hybridized carbons (Fsp3) is 0.344. The number of nitrogens with zero attached hydrogens (tertiary/aromatic N) is 4. The third-order valence-electron chi connectivity index (χ3n) is 6.27. The number of carbonyl (C=O) groups excluding carboxylic acids is 1. The highest BCUT2D eigenvalue weighted by Gasteiger charge is 2.31. The van der Waals surface area contributed by atoms with E-state index in [9.17, 15) is 27.6 Å². The maximum Gasteiger partial charge on any atom is 0.416 e. The van der Waals surface area contributed by atoms with Crippen molar-refractivity contribution in [2.45, 2.75) is 65.3 Å². The highest BCUT2D eigenvalue weighted by Crippen LogP contribution is 2.30. The van der Waals surface area contributed by atoms with Gasteiger partial charge in [0.05, 0.1) is 34.8 Å². The van der Waals surface area contributed by atoms with Crippen molar-refractivity contribution in [2.24, 2.45) is 5.10 Å². The monoisotopic (exact) mass is 622 g/mol. The molecule has 0 bridgehead atoms. The van der Waals surface area contributed by atoms with E-state index in [4.69, 9.17) is 10.00 Å². The van der Waals surface area contributed by atoms with Crippen molar-refractivity contribution in [1.29, 1.82) is 5.26 Å². The predicted molar refractivity (Wildman–Crippen MR) is 164 cm³/mol. The Hall–Kier alpha value is -5.30. The van der Waals surface area contributed by atoms with Gasteiger partial charge in [0.15, 0.2) is 0 Å². The number of anilines is 1. The topological polar surface area (TPSA) is 131 Å². The quantitative estimate of drug-likeness (QED) is 0.143. The van der Waals surface area contributed by atoms with Crippen LogP contribution in [0.4, 0.5) is 23.7 Å². The second-order valence-electron chi connectivity index (χ2n) is 10.9. The lowest BCUT2D eigenvalue weighted by Crippen LogP contribution is -2.42. The molecule has 1 amide bonds. The minimum absolute atomic E-state index is 0.0215. The molecular formula is C32H33F3N6O4. The molecule has 0 aliphatic carbocycles. The molecule has 0 spiro atoms. The second kappa shape index (κ2) is 14.9. The molecule has 2 N–H and O–H groups in total. The van der Waals surface area contributed by atoms with Crippen LogP contribution in [0.5, 0.6) is 0 Å². The van der Waals surface area contributed by atoms with Gasteiger partial charge in [0, 0.05) is 18.8 Å². The second-order valence-corrected chi connectivity index (χ2v) is 10.9. The van der Waals surface area contributed by atoms with E-state index in [2.05, 4.69) is 27.7 Å². The SMILES string of the molecule is Cc1c(C#C/C=N\Nc2ccc(C#N)cc2)c(=O)n(CCCCCNC(=O)OC(C)(C)C)c(=O)n1-c1cccc(C(F)(F)F)c1. The van der Waals surface area contributed by atoms with E-state index >= 15 is 0 Å². The Kier molecular flexibility index (Phi) is 11.3. The van der Waals surface area contributed by atoms with Gasteiger partial charge in [0.2, 0.25) is 0 Å². The van der Waals surface area contributed by atoms with Crippen molar-refractivity contribution >= 4 is 18.0 Å². The first kappa shape index (κ1) is 34.2. The standard InChI is InChI=1S/C32H33F3N6O4/c1-22-27(12-9-18-38-39-25-15-13-23(21-36)14-16-25)28(42)40(19-7-5-6-17-37-29(43)45-31(2,3)4)30(44)41(22)26-11-8-10-24(20-26)32(33,34)35/h8,10-11,13-16,18,20,39H,5-7,17,19H2,1-4H3,(H,37,43)/b38-18-. The molecule has 1 aromatic heterocycles. The highest BCUT2D eigenvalue weighted by molar-refractivity contribution is 5.80. The third-order valence-corrected chi connectivity index (χ3v) is 6.27. The van der Waals surface area contributed by atoms with Crippen LogP contribution in [0.2, 0.25) is 0 Å². The summed E-state index contributed by atoms with van der Waals surface area (Å²) in [4.78, 5) is 38.7. The Balaban J connectivity index is 1.88. The third kappa shape index (κ3) is 9.86. The summed E-state index contributed by atoms with van der Waals surface area (Å²) in [5.41, 5.74) is 0.648. The number of benzene rings is 2. The van der Waals surface area contributed by atoms with E-state index < -0.39 is 34.7 Å². The van der Waals surface area contributed by atoms with Gasteiger partial charge in [-0.1, -0.05) is 12.0 Å². The number of aromatic nitrogens is 2. The molecular weight excluding hydrogens is 589 g/mol. The van der Waals surface area contributed by atoms with Crippen LogP contribution in [-0.2, 0) is 17.5 Å². The number of halogens is 3. The number of alkyl carbamates (subject to hydrolysis) is 1. The van der Waals surface area contributed by atoms with E-state index in [1.165, 1.54) is 25.3 Å². The predicted octanol–water partition coefficient (Wildman–Crippen LogP) is 5.34. The van der Waals surface area contributed by atoms with E-state index in [-0.39, 0.29) is 23.5 Å². The summed E-state index contributed by atoms with van der Waals surface area (Å²) in [5.74, 6) is 5.32. The molecule has 2 aromatic carbocycles. The minimum Gasteiger partial charge on any atom is -0.444 e. The van der Waals surface area contributed by atoms with Crippen LogP contribution in [0.25, 0.3) is 5.69 Å². The van der Waals surface area contributed by atoms with Crippen LogP contribution in [0.1, 0.15) is 62.4 Å². The molecule has 0 unspecified atom stereocenters. The van der Waals surface area contributed by atoms with Crippen LogP contribution in [0.15, 0.2) is 63.2 Å². The fourth-order valence-corrected chi connectivity index (χ4v) is 4.16. The van der Waals surface area contributed by atoms with Crippen LogP contribution in [0.3, 0.4) is 0 Å². The summed E-state index contributed by atoms with van der Waals surface area (Å²) >= 11 is 0. The number of hydrogen-bond acceptors (Lipinski definition) is 7. The number of carbonyl (C=O) groups is 1. The molecule has 236 valence electrons. The zero-order valence-corrected chi connectivity index (χ0v) is 25.3. The van der Waals surface area contributed by atoms with Gasteiger partial charge in [-0.2, -0.15) is 23.5 Å². The maximum atomic E-state index is 13.5. The van der Waals surface area contributed by atoms with Crippen molar-refractivity contribution in [1.82, 2.24) is 14.5 Å². The maximum absolute atomic E-state index is 13.5. The van der Waals surface area contributed by atoms with Crippen molar-refractivity contribution in [3.05, 3.63) is 91.8 Å². The van der Waals surface area contributed by atoms with Crippen LogP contribution < -0.4 is 22.0 Å². The van der Waals surface area contributed by atoms with E-state index in [0.29, 0.717) is 37.1 Å². The number of hydrogen-bond donors (Lipinski definition) is 2. The average Bonchev–Trinajstić information content (AvgIpc) is 2.97. The van der Waals surface area contributed by atoms with Gasteiger partial charge in [-0.3, -0.25) is 19.4 Å². The largest absolute Gasteiger partial charge is 0.444 e. The normalized spacial score (nSPS) is 11.4. The zero-order valence-electron chi connectivity index (χ0n) is 25.3. The van der Waals surface area contributed by atoms with Gasteiger partial charge in [0.1, 0.15) is 11.2 Å². The summed E-state index contributed by atoms with van der Waals surface area (Å²) in [5, 5.41) is 15.5. The smallest absolute Gasteiger partial charge is 0.416 e. The summed E-state index contributed by atoms with van der Waals surface area (Å²) in [6, 6.07) is 12.8. The van der Waals surface area contributed by atoms with Gasteiger partial charge >= 0.3 is 18.0 Å². The van der Waals surface area contributed by atoms with Crippen LogP contribution >= 0.6 is 0 Å². The minimum atomic E-state index is -4.64. The molecule has 0 aliphatic heterocycles. The van der Waals surface area contributed by atoms with Gasteiger partial charge < -0.3 is 10.1 Å². The summed E-state index contributed by atoms with van der Waals surface area (Å²) in [6.07, 6.45) is -2.56. The lowest BCUT2D eigenvalue weighted by Gasteiger charge is -2.19. The number of nitrogens with one attached hydrogen (secondary N) is 2. The van der Waals surface area contributed by atoms with Gasteiger partial charge in [-0.05, 0) is 95.3 Å². The van der Waals surface area contributed by atoms with E-state index in [0.717, 1.165) is 21.3 Å². The zero-order chi connectivity index (χ0) is 33.2. The molecule has 0 atom stereocenters. The van der Waals surface area contributed by atoms with Crippen molar-refractivity contribution in [3.8, 4) is 23.6 Å². The molecule has 1 heterocycles. The highest BCUT2D eigenvalue weighted by atomic mass is 19.4. The first-order chi connectivity index (χ1) is 21.2. The molecule has 0 saturated heterocycles. The number of hydrazone groups is 1. The molecule has 0 aliphatic rings. The molecule has 0 fully saturated rings.